The molecule has 5 N–H and O–H groups in total. The van der Waals surface area contributed by atoms with E-state index < -0.39 is 5.91 Å². The summed E-state index contributed by atoms with van der Waals surface area (Å²) in [4.78, 5) is 14.6. The SMILES string of the molecule is O=C(/C=C/c1ccc(CNCCc2ccc3c4c([nH]c3c2)CCCN4)cc1)NO. The lowest BCUT2D eigenvalue weighted by Gasteiger charge is -2.13. The number of benzene rings is 2. The van der Waals surface area contributed by atoms with Gasteiger partial charge in [-0.2, -0.15) is 0 Å². The summed E-state index contributed by atoms with van der Waals surface area (Å²) in [6, 6.07) is 14.7. The lowest BCUT2D eigenvalue weighted by atomic mass is 10.1. The van der Waals surface area contributed by atoms with Crippen molar-refractivity contribution in [2.45, 2.75) is 25.8 Å². The zero-order valence-corrected chi connectivity index (χ0v) is 16.3. The zero-order valence-electron chi connectivity index (χ0n) is 16.3. The van der Waals surface area contributed by atoms with Crippen molar-refractivity contribution in [1.82, 2.24) is 15.8 Å². The first-order valence-corrected chi connectivity index (χ1v) is 10.0. The molecule has 4 rings (SSSR count). The average molecular weight is 390 g/mol. The van der Waals surface area contributed by atoms with Gasteiger partial charge in [-0.15, -0.1) is 0 Å². The summed E-state index contributed by atoms with van der Waals surface area (Å²) in [6.45, 7) is 2.76. The molecule has 0 bridgehead atoms. The van der Waals surface area contributed by atoms with Crippen LogP contribution in [0.2, 0.25) is 0 Å². The second kappa shape index (κ2) is 8.94. The number of nitrogens with one attached hydrogen (secondary N) is 4. The maximum absolute atomic E-state index is 11.0. The molecular formula is C23H26N4O2. The van der Waals surface area contributed by atoms with Crippen LogP contribution in [-0.4, -0.2) is 29.2 Å². The van der Waals surface area contributed by atoms with E-state index in [9.17, 15) is 4.79 Å². The normalized spacial score (nSPS) is 13.4. The third-order valence-electron chi connectivity index (χ3n) is 5.28. The van der Waals surface area contributed by atoms with E-state index in [1.54, 1.807) is 11.6 Å². The topological polar surface area (TPSA) is 89.2 Å². The van der Waals surface area contributed by atoms with E-state index in [0.29, 0.717) is 0 Å². The minimum absolute atomic E-state index is 0.537. The van der Waals surface area contributed by atoms with Gasteiger partial charge in [0.2, 0.25) is 0 Å². The highest BCUT2D eigenvalue weighted by Gasteiger charge is 2.14. The van der Waals surface area contributed by atoms with Gasteiger partial charge in [0.1, 0.15) is 0 Å². The Bertz CT molecular complexity index is 1020. The fourth-order valence-corrected chi connectivity index (χ4v) is 3.75. The Labute approximate surface area is 170 Å². The van der Waals surface area contributed by atoms with Gasteiger partial charge in [0.05, 0.1) is 5.69 Å². The molecule has 0 atom stereocenters. The van der Waals surface area contributed by atoms with Crippen molar-refractivity contribution in [3.8, 4) is 0 Å². The third kappa shape index (κ3) is 4.67. The first-order chi connectivity index (χ1) is 14.2. The number of anilines is 1. The molecule has 3 aromatic rings. The molecule has 0 saturated carbocycles. The van der Waals surface area contributed by atoms with Crippen LogP contribution in [0.1, 0.15) is 28.8 Å². The molecule has 0 spiro atoms. The second-order valence-electron chi connectivity index (χ2n) is 7.37. The number of H-pyrrole nitrogens is 1. The molecule has 1 aromatic heterocycles. The van der Waals surface area contributed by atoms with Crippen molar-refractivity contribution in [2.24, 2.45) is 0 Å². The van der Waals surface area contributed by atoms with Gasteiger partial charge in [-0.05, 0) is 54.6 Å². The molecule has 29 heavy (non-hydrogen) atoms. The van der Waals surface area contributed by atoms with Crippen LogP contribution < -0.4 is 16.1 Å². The molecule has 0 aliphatic carbocycles. The van der Waals surface area contributed by atoms with Crippen LogP contribution in [-0.2, 0) is 24.2 Å². The fraction of sp³-hybridized carbons (Fsp3) is 0.261. The first kappa shape index (κ1) is 19.2. The van der Waals surface area contributed by atoms with E-state index in [0.717, 1.165) is 38.0 Å². The number of fused-ring (bicyclic) bond motifs is 3. The molecule has 0 saturated heterocycles. The molecule has 0 fully saturated rings. The van der Waals surface area contributed by atoms with Gasteiger partial charge in [0.25, 0.3) is 5.91 Å². The van der Waals surface area contributed by atoms with E-state index in [1.807, 2.05) is 24.3 Å². The van der Waals surface area contributed by atoms with Crippen molar-refractivity contribution < 1.29 is 10.0 Å². The van der Waals surface area contributed by atoms with Crippen LogP contribution >= 0.6 is 0 Å². The highest BCUT2D eigenvalue weighted by Crippen LogP contribution is 2.31. The van der Waals surface area contributed by atoms with Crippen molar-refractivity contribution >= 4 is 28.6 Å². The number of hydrogen-bond donors (Lipinski definition) is 5. The van der Waals surface area contributed by atoms with Gasteiger partial charge < -0.3 is 15.6 Å². The summed E-state index contributed by atoms with van der Waals surface area (Å²) >= 11 is 0. The summed E-state index contributed by atoms with van der Waals surface area (Å²) in [6.07, 6.45) is 6.24. The monoisotopic (exact) mass is 390 g/mol. The molecule has 6 nitrogen and oxygen atoms in total. The van der Waals surface area contributed by atoms with Gasteiger partial charge in [0, 0.05) is 35.8 Å². The fourth-order valence-electron chi connectivity index (χ4n) is 3.75. The van der Waals surface area contributed by atoms with Crippen molar-refractivity contribution in [1.29, 1.82) is 0 Å². The number of rotatable bonds is 7. The van der Waals surface area contributed by atoms with Crippen molar-refractivity contribution in [3.05, 3.63) is 70.9 Å². The van der Waals surface area contributed by atoms with Crippen LogP contribution in [0, 0.1) is 0 Å². The van der Waals surface area contributed by atoms with Gasteiger partial charge in [-0.3, -0.25) is 10.0 Å². The molecule has 2 heterocycles. The highest BCUT2D eigenvalue weighted by molar-refractivity contribution is 5.95. The average Bonchev–Trinajstić information content (AvgIpc) is 3.13. The maximum Gasteiger partial charge on any atom is 0.267 e. The van der Waals surface area contributed by atoms with E-state index in [1.165, 1.54) is 45.9 Å². The predicted octanol–water partition coefficient (Wildman–Crippen LogP) is 3.38. The summed E-state index contributed by atoms with van der Waals surface area (Å²) in [5.41, 5.74) is 8.84. The molecule has 1 aliphatic rings. The first-order valence-electron chi connectivity index (χ1n) is 10.0. The summed E-state index contributed by atoms with van der Waals surface area (Å²) < 4.78 is 0. The van der Waals surface area contributed by atoms with Gasteiger partial charge in [-0.1, -0.05) is 36.4 Å². The van der Waals surface area contributed by atoms with Crippen LogP contribution in [0.25, 0.3) is 17.0 Å². The molecule has 0 unspecified atom stereocenters. The summed E-state index contributed by atoms with van der Waals surface area (Å²) in [5.74, 6) is -0.537. The number of carbonyl (C=O) groups is 1. The largest absolute Gasteiger partial charge is 0.383 e. The van der Waals surface area contributed by atoms with Gasteiger partial charge in [0.15, 0.2) is 0 Å². The molecule has 0 radical (unpaired) electrons. The van der Waals surface area contributed by atoms with Crippen LogP contribution in [0.4, 0.5) is 5.69 Å². The minimum atomic E-state index is -0.537. The van der Waals surface area contributed by atoms with Crippen LogP contribution in [0.3, 0.4) is 0 Å². The number of aromatic nitrogens is 1. The number of aromatic amines is 1. The molecule has 1 aliphatic heterocycles. The molecular weight excluding hydrogens is 364 g/mol. The summed E-state index contributed by atoms with van der Waals surface area (Å²) in [7, 11) is 0. The summed E-state index contributed by atoms with van der Waals surface area (Å²) in [5, 5.41) is 16.8. The van der Waals surface area contributed by atoms with Gasteiger partial charge >= 0.3 is 0 Å². The van der Waals surface area contributed by atoms with Gasteiger partial charge in [-0.25, -0.2) is 5.48 Å². The highest BCUT2D eigenvalue weighted by atomic mass is 16.5. The Hall–Kier alpha value is -3.09. The molecule has 6 heteroatoms. The third-order valence-corrected chi connectivity index (χ3v) is 5.28. The minimum Gasteiger partial charge on any atom is -0.383 e. The second-order valence-corrected chi connectivity index (χ2v) is 7.37. The smallest absolute Gasteiger partial charge is 0.267 e. The Morgan fingerprint density at radius 1 is 1.14 bits per heavy atom. The van der Waals surface area contributed by atoms with E-state index >= 15 is 0 Å². The Balaban J connectivity index is 1.28. The lowest BCUT2D eigenvalue weighted by molar-refractivity contribution is -0.124. The molecule has 1 amide bonds. The maximum atomic E-state index is 11.0. The standard InChI is InChI=1S/C23H26N4O2/c28-22(27-29)10-8-16-3-5-18(6-4-16)15-24-13-11-17-7-9-19-21(14-17)26-20-2-1-12-25-23(19)20/h3-10,14,24-26,29H,1-2,11-13,15H2,(H,27,28)/b10-8+. The number of aryl methyl sites for hydroxylation is 1. The van der Waals surface area contributed by atoms with Crippen LogP contribution in [0.15, 0.2) is 48.5 Å². The predicted molar refractivity (Wildman–Crippen MR) is 116 cm³/mol. The number of hydroxylamine groups is 1. The quantitative estimate of drug-likeness (QED) is 0.185. The van der Waals surface area contributed by atoms with E-state index in [2.05, 4.69) is 33.8 Å². The number of hydrogen-bond acceptors (Lipinski definition) is 4. The number of carbonyl (C=O) groups excluding carboxylic acids is 1. The number of amides is 1. The zero-order chi connectivity index (χ0) is 20.1. The van der Waals surface area contributed by atoms with Crippen LogP contribution in [0.5, 0.6) is 0 Å². The van der Waals surface area contributed by atoms with Crippen molar-refractivity contribution in [2.75, 3.05) is 18.4 Å². The lowest BCUT2D eigenvalue weighted by Crippen LogP contribution is -2.16. The Morgan fingerprint density at radius 3 is 2.79 bits per heavy atom. The molecule has 150 valence electrons. The Kier molecular flexibility index (Phi) is 5.93. The molecule has 2 aromatic carbocycles. The van der Waals surface area contributed by atoms with E-state index in [4.69, 9.17) is 5.21 Å². The van der Waals surface area contributed by atoms with E-state index in [-0.39, 0.29) is 0 Å². The van der Waals surface area contributed by atoms with Crippen molar-refractivity contribution in [3.63, 3.8) is 0 Å². The Morgan fingerprint density at radius 2 is 1.97 bits per heavy atom.